The number of halogens is 1. The fourth-order valence-corrected chi connectivity index (χ4v) is 3.83. The van der Waals surface area contributed by atoms with Crippen LogP contribution in [0.15, 0.2) is 4.90 Å². The first kappa shape index (κ1) is 15.4. The van der Waals surface area contributed by atoms with Crippen LogP contribution in [-0.4, -0.2) is 37.7 Å². The SMILES string of the molecule is Cc1n[nH]c(C)c1S(=O)(=O)NC1CCNCC1.Cl. The third kappa shape index (κ3) is 3.23. The Labute approximate surface area is 113 Å². The van der Waals surface area contributed by atoms with Gasteiger partial charge in [0.2, 0.25) is 10.0 Å². The summed E-state index contributed by atoms with van der Waals surface area (Å²) in [5.74, 6) is 0. The normalized spacial score (nSPS) is 17.4. The Hall–Kier alpha value is -0.630. The van der Waals surface area contributed by atoms with Crippen molar-refractivity contribution in [3.8, 4) is 0 Å². The molecule has 0 unspecified atom stereocenters. The standard InChI is InChI=1S/C10H18N4O2S.ClH/c1-7-10(8(2)13-12-7)17(15,16)14-9-3-5-11-6-4-9;/h9,11,14H,3-6H2,1-2H3,(H,12,13);1H. The van der Waals surface area contributed by atoms with Crippen LogP contribution >= 0.6 is 12.4 Å². The lowest BCUT2D eigenvalue weighted by atomic mass is 10.1. The Kier molecular flexibility index (Phi) is 5.15. The molecule has 0 atom stereocenters. The van der Waals surface area contributed by atoms with Crippen molar-refractivity contribution >= 4 is 22.4 Å². The van der Waals surface area contributed by atoms with Gasteiger partial charge >= 0.3 is 0 Å². The summed E-state index contributed by atoms with van der Waals surface area (Å²) in [5.41, 5.74) is 1.10. The molecule has 1 aliphatic rings. The number of aromatic nitrogens is 2. The number of piperidine rings is 1. The average Bonchev–Trinajstić information content (AvgIpc) is 2.59. The predicted molar refractivity (Wildman–Crippen MR) is 71.5 cm³/mol. The van der Waals surface area contributed by atoms with Gasteiger partial charge in [-0.15, -0.1) is 12.4 Å². The number of H-pyrrole nitrogens is 1. The molecular formula is C10H19ClN4O2S. The van der Waals surface area contributed by atoms with Crippen molar-refractivity contribution in [2.45, 2.75) is 37.6 Å². The van der Waals surface area contributed by atoms with E-state index in [0.717, 1.165) is 25.9 Å². The number of hydrogen-bond donors (Lipinski definition) is 3. The van der Waals surface area contributed by atoms with Gasteiger partial charge in [0.05, 0.1) is 11.4 Å². The van der Waals surface area contributed by atoms with Crippen LogP contribution in [0.5, 0.6) is 0 Å². The van der Waals surface area contributed by atoms with Gasteiger partial charge in [0.1, 0.15) is 4.90 Å². The fourth-order valence-electron chi connectivity index (χ4n) is 2.15. The van der Waals surface area contributed by atoms with Gasteiger partial charge in [-0.25, -0.2) is 13.1 Å². The molecule has 2 rings (SSSR count). The van der Waals surface area contributed by atoms with Crippen LogP contribution in [-0.2, 0) is 10.0 Å². The van der Waals surface area contributed by atoms with Gasteiger partial charge < -0.3 is 5.32 Å². The van der Waals surface area contributed by atoms with E-state index in [-0.39, 0.29) is 23.3 Å². The molecule has 0 bridgehead atoms. The van der Waals surface area contributed by atoms with E-state index in [1.54, 1.807) is 13.8 Å². The summed E-state index contributed by atoms with van der Waals surface area (Å²) in [6.45, 7) is 5.13. The van der Waals surface area contributed by atoms with Gasteiger partial charge in [0.15, 0.2) is 0 Å². The van der Waals surface area contributed by atoms with Crippen molar-refractivity contribution in [1.82, 2.24) is 20.2 Å². The molecule has 0 spiro atoms. The first-order chi connectivity index (χ1) is 8.00. The van der Waals surface area contributed by atoms with Crippen molar-refractivity contribution in [3.63, 3.8) is 0 Å². The molecule has 1 saturated heterocycles. The summed E-state index contributed by atoms with van der Waals surface area (Å²) in [6.07, 6.45) is 1.66. The molecule has 104 valence electrons. The van der Waals surface area contributed by atoms with E-state index in [1.807, 2.05) is 0 Å². The number of nitrogens with zero attached hydrogens (tertiary/aromatic N) is 1. The molecule has 1 aromatic rings. The van der Waals surface area contributed by atoms with Crippen LogP contribution in [0, 0.1) is 13.8 Å². The first-order valence-electron chi connectivity index (χ1n) is 5.75. The second kappa shape index (κ2) is 6.01. The van der Waals surface area contributed by atoms with Crippen molar-refractivity contribution in [2.24, 2.45) is 0 Å². The highest BCUT2D eigenvalue weighted by molar-refractivity contribution is 7.89. The Bertz CT molecular complexity index is 474. The molecule has 0 radical (unpaired) electrons. The van der Waals surface area contributed by atoms with Crippen LogP contribution < -0.4 is 10.0 Å². The van der Waals surface area contributed by atoms with Gasteiger partial charge in [0, 0.05) is 6.04 Å². The summed E-state index contributed by atoms with van der Waals surface area (Å²) >= 11 is 0. The van der Waals surface area contributed by atoms with Gasteiger partial charge in [-0.05, 0) is 39.8 Å². The Morgan fingerprint density at radius 3 is 2.39 bits per heavy atom. The van der Waals surface area contributed by atoms with E-state index in [1.165, 1.54) is 0 Å². The maximum atomic E-state index is 12.2. The number of aryl methyl sites for hydroxylation is 2. The molecule has 0 saturated carbocycles. The third-order valence-corrected chi connectivity index (χ3v) is 4.77. The zero-order valence-corrected chi connectivity index (χ0v) is 12.1. The lowest BCUT2D eigenvalue weighted by Crippen LogP contribution is -2.42. The van der Waals surface area contributed by atoms with Gasteiger partial charge in [-0.1, -0.05) is 0 Å². The zero-order valence-electron chi connectivity index (χ0n) is 10.5. The van der Waals surface area contributed by atoms with Crippen molar-refractivity contribution in [3.05, 3.63) is 11.4 Å². The zero-order chi connectivity index (χ0) is 12.5. The number of sulfonamides is 1. The monoisotopic (exact) mass is 294 g/mol. The predicted octanol–water partition coefficient (Wildman–Crippen LogP) is 0.479. The molecular weight excluding hydrogens is 276 g/mol. The molecule has 0 amide bonds. The molecule has 18 heavy (non-hydrogen) atoms. The molecule has 0 aliphatic carbocycles. The van der Waals surface area contributed by atoms with Crippen LogP contribution in [0.25, 0.3) is 0 Å². The molecule has 1 aromatic heterocycles. The maximum absolute atomic E-state index is 12.2. The topological polar surface area (TPSA) is 86.9 Å². The Morgan fingerprint density at radius 2 is 1.89 bits per heavy atom. The summed E-state index contributed by atoms with van der Waals surface area (Å²) in [6, 6.07) is 0.0231. The maximum Gasteiger partial charge on any atom is 0.244 e. The minimum absolute atomic E-state index is 0. The van der Waals surface area contributed by atoms with E-state index in [0.29, 0.717) is 11.4 Å². The second-order valence-corrected chi connectivity index (χ2v) is 6.06. The number of nitrogens with one attached hydrogen (secondary N) is 3. The largest absolute Gasteiger partial charge is 0.317 e. The molecule has 1 aliphatic heterocycles. The smallest absolute Gasteiger partial charge is 0.244 e. The van der Waals surface area contributed by atoms with Crippen molar-refractivity contribution < 1.29 is 8.42 Å². The number of aromatic amines is 1. The van der Waals surface area contributed by atoms with E-state index >= 15 is 0 Å². The van der Waals surface area contributed by atoms with E-state index in [9.17, 15) is 8.42 Å². The highest BCUT2D eigenvalue weighted by Gasteiger charge is 2.26. The molecule has 1 fully saturated rings. The lowest BCUT2D eigenvalue weighted by Gasteiger charge is -2.23. The quantitative estimate of drug-likeness (QED) is 0.757. The summed E-state index contributed by atoms with van der Waals surface area (Å²) in [5, 5.41) is 9.82. The fraction of sp³-hybridized carbons (Fsp3) is 0.700. The van der Waals surface area contributed by atoms with E-state index in [2.05, 4.69) is 20.2 Å². The minimum atomic E-state index is -3.45. The summed E-state index contributed by atoms with van der Waals surface area (Å²) in [4.78, 5) is 0.288. The van der Waals surface area contributed by atoms with Gasteiger partial charge in [0.25, 0.3) is 0 Å². The first-order valence-corrected chi connectivity index (χ1v) is 7.23. The molecule has 2 heterocycles. The number of hydrogen-bond acceptors (Lipinski definition) is 4. The van der Waals surface area contributed by atoms with Gasteiger partial charge in [-0.2, -0.15) is 5.10 Å². The van der Waals surface area contributed by atoms with Crippen LogP contribution in [0.2, 0.25) is 0 Å². The van der Waals surface area contributed by atoms with Crippen molar-refractivity contribution in [2.75, 3.05) is 13.1 Å². The molecule has 0 aromatic carbocycles. The molecule has 8 heteroatoms. The van der Waals surface area contributed by atoms with Crippen LogP contribution in [0.4, 0.5) is 0 Å². The lowest BCUT2D eigenvalue weighted by molar-refractivity contribution is 0.427. The highest BCUT2D eigenvalue weighted by atomic mass is 35.5. The Balaban J connectivity index is 0.00000162. The average molecular weight is 295 g/mol. The summed E-state index contributed by atoms with van der Waals surface area (Å²) < 4.78 is 27.2. The van der Waals surface area contributed by atoms with Crippen molar-refractivity contribution in [1.29, 1.82) is 0 Å². The van der Waals surface area contributed by atoms with Crippen LogP contribution in [0.3, 0.4) is 0 Å². The number of rotatable bonds is 3. The highest BCUT2D eigenvalue weighted by Crippen LogP contribution is 2.17. The van der Waals surface area contributed by atoms with Crippen LogP contribution in [0.1, 0.15) is 24.2 Å². The Morgan fingerprint density at radius 1 is 1.28 bits per heavy atom. The third-order valence-electron chi connectivity index (χ3n) is 2.99. The minimum Gasteiger partial charge on any atom is -0.317 e. The van der Waals surface area contributed by atoms with E-state index < -0.39 is 10.0 Å². The summed E-state index contributed by atoms with van der Waals surface area (Å²) in [7, 11) is -3.45. The van der Waals surface area contributed by atoms with Gasteiger partial charge in [-0.3, -0.25) is 5.10 Å². The van der Waals surface area contributed by atoms with E-state index in [4.69, 9.17) is 0 Å². The molecule has 3 N–H and O–H groups in total. The molecule has 6 nitrogen and oxygen atoms in total. The second-order valence-electron chi connectivity index (χ2n) is 4.41.